The van der Waals surface area contributed by atoms with Crippen LogP contribution in [0.1, 0.15) is 92.5 Å². The van der Waals surface area contributed by atoms with Gasteiger partial charge in [-0.25, -0.2) is 19.4 Å². The number of carboxylic acid groups (broad SMARTS) is 2. The maximum Gasteiger partial charge on any atom is 0.337 e. The van der Waals surface area contributed by atoms with E-state index in [-0.39, 0.29) is 33.2 Å². The first-order valence-corrected chi connectivity index (χ1v) is 22.2. The van der Waals surface area contributed by atoms with Gasteiger partial charge in [0.25, 0.3) is 10.1 Å². The maximum atomic E-state index is 13.3. The van der Waals surface area contributed by atoms with Gasteiger partial charge in [-0.05, 0) is 54.3 Å². The molecule has 17 heteroatoms. The molecule has 1 aliphatic carbocycles. The van der Waals surface area contributed by atoms with Gasteiger partial charge in [-0.3, -0.25) is 4.55 Å². The summed E-state index contributed by atoms with van der Waals surface area (Å²) in [5, 5.41) is 34.7. The van der Waals surface area contributed by atoms with Gasteiger partial charge in [0.15, 0.2) is 0 Å². The lowest BCUT2D eigenvalue weighted by Gasteiger charge is -2.44. The van der Waals surface area contributed by atoms with E-state index in [2.05, 4.69) is 18.8 Å². The molecule has 0 amide bonds. The van der Waals surface area contributed by atoms with Crippen LogP contribution in [0.5, 0.6) is 5.75 Å². The fourth-order valence-corrected chi connectivity index (χ4v) is 10.9. The van der Waals surface area contributed by atoms with E-state index in [0.717, 1.165) is 75.5 Å². The van der Waals surface area contributed by atoms with Gasteiger partial charge in [0.05, 0.1) is 49.7 Å². The Hall–Kier alpha value is -4.19. The molecular weight excluding hydrogens is 831 g/mol. The fraction of sp³-hybridized carbons (Fsp3) is 0.341. The third-order valence-corrected chi connectivity index (χ3v) is 13.6. The number of benzene rings is 4. The molecule has 0 saturated carbocycles. The highest BCUT2D eigenvalue weighted by atomic mass is 35.5. The summed E-state index contributed by atoms with van der Waals surface area (Å²) >= 11 is 14.9. The molecular formula is C41H39Cl2N2O11S2+. The molecule has 8 rings (SSSR count). The van der Waals surface area contributed by atoms with Gasteiger partial charge < -0.3 is 19.8 Å². The monoisotopic (exact) mass is 869 g/mol. The first-order chi connectivity index (χ1) is 27.9. The third kappa shape index (κ3) is 7.25. The second kappa shape index (κ2) is 16.5. The molecule has 3 heterocycles. The average molecular weight is 871 g/mol. The van der Waals surface area contributed by atoms with Crippen LogP contribution in [0.2, 0.25) is 10.0 Å². The first kappa shape index (κ1) is 40.6. The summed E-state index contributed by atoms with van der Waals surface area (Å²) in [5.41, 5.74) is 5.55. The molecule has 58 heavy (non-hydrogen) atoms. The SMILES string of the molecule is O=C(O)c1cc(Cl)c(C(=O)O)c(C2c3c(c4c(c5ccccc35)N(CCCS(=O)(=O)O)CCC4)OC3=C4CCC[N+](CCCSOOO)=C4c4ccccc4C32)c1Cl. The van der Waals surface area contributed by atoms with Crippen LogP contribution >= 0.6 is 35.2 Å². The van der Waals surface area contributed by atoms with Crippen molar-refractivity contribution in [3.8, 4) is 5.75 Å². The molecule has 0 aromatic heterocycles. The molecule has 4 aromatic carbocycles. The largest absolute Gasteiger partial charge is 0.478 e. The first-order valence-electron chi connectivity index (χ1n) is 18.9. The number of nitrogens with zero attached hydrogens (tertiary/aromatic N) is 2. The van der Waals surface area contributed by atoms with Crippen molar-refractivity contribution < 1.29 is 56.7 Å². The fourth-order valence-electron chi connectivity index (χ4n) is 9.42. The number of ether oxygens (including phenoxy) is 1. The lowest BCUT2D eigenvalue weighted by Crippen LogP contribution is -2.39. The van der Waals surface area contributed by atoms with E-state index < -0.39 is 39.6 Å². The zero-order chi connectivity index (χ0) is 40.9. The normalized spacial score (nSPS) is 18.6. The van der Waals surface area contributed by atoms with Crippen LogP contribution < -0.4 is 9.64 Å². The van der Waals surface area contributed by atoms with Gasteiger partial charge in [0.1, 0.15) is 24.6 Å². The average Bonchev–Trinajstić information content (AvgIpc) is 3.20. The highest BCUT2D eigenvalue weighted by Gasteiger charge is 2.50. The predicted octanol–water partition coefficient (Wildman–Crippen LogP) is 8.20. The molecule has 13 nitrogen and oxygen atoms in total. The summed E-state index contributed by atoms with van der Waals surface area (Å²) in [6, 6.07) is 16.7. The topological polar surface area (TPSA) is 183 Å². The number of halogens is 2. The van der Waals surface area contributed by atoms with Gasteiger partial charge >= 0.3 is 11.9 Å². The Morgan fingerprint density at radius 2 is 1.72 bits per heavy atom. The number of fused-ring (bicyclic) bond motifs is 11. The highest BCUT2D eigenvalue weighted by Crippen LogP contribution is 2.61. The summed E-state index contributed by atoms with van der Waals surface area (Å²) in [5.74, 6) is -2.97. The molecule has 4 aromatic rings. The minimum absolute atomic E-state index is 0.0756. The van der Waals surface area contributed by atoms with E-state index in [0.29, 0.717) is 68.1 Å². The molecule has 304 valence electrons. The predicted molar refractivity (Wildman–Crippen MR) is 220 cm³/mol. The second-order valence-corrected chi connectivity index (χ2v) is 17.8. The molecule has 0 saturated heterocycles. The van der Waals surface area contributed by atoms with Crippen LogP contribution in [0.3, 0.4) is 0 Å². The summed E-state index contributed by atoms with van der Waals surface area (Å²) in [4.78, 5) is 28.2. The van der Waals surface area contributed by atoms with Crippen molar-refractivity contribution in [1.29, 1.82) is 0 Å². The van der Waals surface area contributed by atoms with E-state index in [1.54, 1.807) is 0 Å². The molecule has 0 bridgehead atoms. The van der Waals surface area contributed by atoms with E-state index in [1.807, 2.05) is 48.5 Å². The van der Waals surface area contributed by atoms with Crippen molar-refractivity contribution in [3.05, 3.63) is 115 Å². The molecule has 2 unspecified atom stereocenters. The number of allylic oxidation sites excluding steroid dienone is 2. The lowest BCUT2D eigenvalue weighted by atomic mass is 9.65. The number of hydrogen-bond acceptors (Lipinski definition) is 10. The number of anilines is 1. The van der Waals surface area contributed by atoms with E-state index in [1.165, 1.54) is 0 Å². The van der Waals surface area contributed by atoms with Crippen molar-refractivity contribution >= 4 is 79.5 Å². The third-order valence-electron chi connectivity index (χ3n) is 11.5. The second-order valence-electron chi connectivity index (χ2n) is 14.7. The van der Waals surface area contributed by atoms with Crippen LogP contribution in [0.4, 0.5) is 5.69 Å². The van der Waals surface area contributed by atoms with Gasteiger partial charge in [0, 0.05) is 66.2 Å². The van der Waals surface area contributed by atoms with Crippen molar-refractivity contribution in [3.63, 3.8) is 0 Å². The zero-order valence-corrected chi connectivity index (χ0v) is 34.1. The van der Waals surface area contributed by atoms with Crippen molar-refractivity contribution in [1.82, 2.24) is 0 Å². The van der Waals surface area contributed by atoms with E-state index >= 15 is 0 Å². The number of hydrogen-bond donors (Lipinski definition) is 4. The number of carbonyl (C=O) groups is 2. The van der Waals surface area contributed by atoms with Crippen LogP contribution in [-0.2, 0) is 25.9 Å². The van der Waals surface area contributed by atoms with Crippen LogP contribution in [0.25, 0.3) is 10.8 Å². The summed E-state index contributed by atoms with van der Waals surface area (Å²) < 4.78 is 47.3. The van der Waals surface area contributed by atoms with Gasteiger partial charge in [-0.2, -0.15) is 8.42 Å². The van der Waals surface area contributed by atoms with Gasteiger partial charge in [-0.15, -0.1) is 4.33 Å². The van der Waals surface area contributed by atoms with Crippen LogP contribution in [0.15, 0.2) is 65.9 Å². The smallest absolute Gasteiger partial charge is 0.337 e. The van der Waals surface area contributed by atoms with Crippen LogP contribution in [-0.4, -0.2) is 88.4 Å². The molecule has 4 N–H and O–H groups in total. The Kier molecular flexibility index (Phi) is 11.5. The Morgan fingerprint density at radius 1 is 0.966 bits per heavy atom. The Bertz CT molecular complexity index is 2540. The van der Waals surface area contributed by atoms with Gasteiger partial charge in [-0.1, -0.05) is 70.7 Å². The minimum Gasteiger partial charge on any atom is -0.478 e. The van der Waals surface area contributed by atoms with E-state index in [9.17, 15) is 32.8 Å². The lowest BCUT2D eigenvalue weighted by molar-refractivity contribution is -0.530. The molecule has 3 aliphatic heterocycles. The Labute approximate surface area is 348 Å². The highest BCUT2D eigenvalue weighted by molar-refractivity contribution is 7.94. The number of rotatable bonds is 13. The zero-order valence-electron chi connectivity index (χ0n) is 30.9. The molecule has 2 atom stereocenters. The molecule has 0 spiro atoms. The quantitative estimate of drug-likeness (QED) is 0.0252. The van der Waals surface area contributed by atoms with Crippen LogP contribution in [0, 0.1) is 0 Å². The minimum atomic E-state index is -4.19. The molecule has 4 aliphatic rings. The summed E-state index contributed by atoms with van der Waals surface area (Å²) in [6.07, 6.45) is 3.61. The van der Waals surface area contributed by atoms with Gasteiger partial charge in [0.2, 0.25) is 5.71 Å². The van der Waals surface area contributed by atoms with Crippen molar-refractivity contribution in [2.45, 2.75) is 50.4 Å². The van der Waals surface area contributed by atoms with E-state index in [4.69, 9.17) is 33.2 Å². The Morgan fingerprint density at radius 3 is 2.47 bits per heavy atom. The molecule has 0 fully saturated rings. The maximum absolute atomic E-state index is 13.3. The van der Waals surface area contributed by atoms with Crippen molar-refractivity contribution in [2.75, 3.05) is 42.6 Å². The Balaban J connectivity index is 1.46. The number of carboxylic acids is 2. The number of aromatic carboxylic acids is 2. The van der Waals surface area contributed by atoms with Crippen molar-refractivity contribution in [2.24, 2.45) is 0 Å². The standard InChI is InChI=1S/C41H38Cl2N2O11S2/c42-29-21-28(40(46)47)35(43)34(32(29)41(48)49)33-30-22-9-1-3-11-24(22)36-26(13-5-15-44(36)17-7-19-57-56-55-50)38(30)54-39-27-14-6-16-45(18-8-20-58(51,52)53)37(27)25-12-4-2-10-23(25)31(33)39/h1-4,9-12,21,30,33H,5-8,13-20H2,(H3-,46,47,48,49,50,51,52,53)/p+1. The molecule has 0 radical (unpaired) electrons. The summed E-state index contributed by atoms with van der Waals surface area (Å²) in [7, 11) is -4.19. The summed E-state index contributed by atoms with van der Waals surface area (Å²) in [6.45, 7) is 2.38.